The first kappa shape index (κ1) is 10.9. The van der Waals surface area contributed by atoms with E-state index in [1.165, 1.54) is 0 Å². The number of rotatable bonds is 3. The zero-order chi connectivity index (χ0) is 11.5. The average molecular weight is 217 g/mol. The molecule has 1 aromatic rings. The number of nitrogens with one attached hydrogen (secondary N) is 1. The highest BCUT2D eigenvalue weighted by Crippen LogP contribution is 2.34. The van der Waals surface area contributed by atoms with Crippen LogP contribution in [0.15, 0.2) is 36.5 Å². The summed E-state index contributed by atoms with van der Waals surface area (Å²) in [6.45, 7) is 3.85. The van der Waals surface area contributed by atoms with Crippen molar-refractivity contribution >= 4 is 6.41 Å². The Morgan fingerprint density at radius 3 is 3.00 bits per heavy atom. The Morgan fingerprint density at radius 2 is 2.25 bits per heavy atom. The lowest BCUT2D eigenvalue weighted by Gasteiger charge is -2.29. The normalized spacial score (nSPS) is 23.3. The third-order valence-electron chi connectivity index (χ3n) is 3.06. The molecule has 1 aromatic carbocycles. The van der Waals surface area contributed by atoms with E-state index in [-0.39, 0.29) is 12.0 Å². The minimum atomic E-state index is -0.356. The van der Waals surface area contributed by atoms with Crippen molar-refractivity contribution in [3.05, 3.63) is 47.7 Å². The molecule has 0 aliphatic heterocycles. The van der Waals surface area contributed by atoms with E-state index in [0.29, 0.717) is 24.9 Å². The fourth-order valence-electron chi connectivity index (χ4n) is 2.30. The molecule has 1 aliphatic rings. The summed E-state index contributed by atoms with van der Waals surface area (Å²) < 4.78 is 0. The van der Waals surface area contributed by atoms with Gasteiger partial charge in [0.1, 0.15) is 0 Å². The maximum Gasteiger partial charge on any atom is 0.211 e. The van der Waals surface area contributed by atoms with Gasteiger partial charge in [-0.25, -0.2) is 0 Å². The first-order valence-corrected chi connectivity index (χ1v) is 5.37. The van der Waals surface area contributed by atoms with Gasteiger partial charge in [0, 0.05) is 11.6 Å². The molecule has 2 atom stereocenters. The molecule has 3 heteroatoms. The standard InChI is InChI=1S/C13H15NO2/c1-9(14-8-15)13-7-11(16)6-10-4-2-3-5-12(10)13/h2-5,8,11,13,16H,1,6-7H2,(H,14,15). The second kappa shape index (κ2) is 4.49. The van der Waals surface area contributed by atoms with Gasteiger partial charge < -0.3 is 10.4 Å². The topological polar surface area (TPSA) is 49.3 Å². The number of fused-ring (bicyclic) bond motifs is 1. The summed E-state index contributed by atoms with van der Waals surface area (Å²) in [5.41, 5.74) is 2.95. The van der Waals surface area contributed by atoms with Gasteiger partial charge in [-0.1, -0.05) is 30.8 Å². The van der Waals surface area contributed by atoms with Gasteiger partial charge in [0.15, 0.2) is 0 Å². The zero-order valence-corrected chi connectivity index (χ0v) is 9.02. The predicted octanol–water partition coefficient (Wildman–Crippen LogP) is 1.34. The molecule has 0 radical (unpaired) electrons. The number of amides is 1. The Balaban J connectivity index is 2.33. The van der Waals surface area contributed by atoms with Crippen LogP contribution < -0.4 is 5.32 Å². The summed E-state index contributed by atoms with van der Waals surface area (Å²) in [6.07, 6.45) is 1.58. The minimum Gasteiger partial charge on any atom is -0.393 e. The molecular weight excluding hydrogens is 202 g/mol. The van der Waals surface area contributed by atoms with Crippen LogP contribution in [-0.2, 0) is 11.2 Å². The van der Waals surface area contributed by atoms with Crippen LogP contribution in [0.1, 0.15) is 23.5 Å². The zero-order valence-electron chi connectivity index (χ0n) is 9.02. The molecule has 0 fully saturated rings. The van der Waals surface area contributed by atoms with Crippen molar-refractivity contribution in [3.8, 4) is 0 Å². The predicted molar refractivity (Wildman–Crippen MR) is 61.9 cm³/mol. The molecule has 2 unspecified atom stereocenters. The molecule has 3 nitrogen and oxygen atoms in total. The molecule has 2 rings (SSSR count). The Labute approximate surface area is 94.8 Å². The van der Waals surface area contributed by atoms with Gasteiger partial charge in [-0.15, -0.1) is 0 Å². The lowest BCUT2D eigenvalue weighted by molar-refractivity contribution is -0.109. The second-order valence-corrected chi connectivity index (χ2v) is 4.13. The maximum atomic E-state index is 10.4. The highest BCUT2D eigenvalue weighted by molar-refractivity contribution is 5.52. The fourth-order valence-corrected chi connectivity index (χ4v) is 2.30. The second-order valence-electron chi connectivity index (χ2n) is 4.13. The Kier molecular flexibility index (Phi) is 3.06. The molecule has 84 valence electrons. The van der Waals surface area contributed by atoms with E-state index in [4.69, 9.17) is 0 Å². The molecule has 0 spiro atoms. The van der Waals surface area contributed by atoms with Crippen LogP contribution in [-0.4, -0.2) is 17.6 Å². The minimum absolute atomic E-state index is 0.0187. The van der Waals surface area contributed by atoms with Crippen LogP contribution in [0.25, 0.3) is 0 Å². The average Bonchev–Trinajstić information content (AvgIpc) is 2.28. The smallest absolute Gasteiger partial charge is 0.211 e. The molecule has 16 heavy (non-hydrogen) atoms. The van der Waals surface area contributed by atoms with E-state index < -0.39 is 0 Å². The van der Waals surface area contributed by atoms with Gasteiger partial charge in [-0.2, -0.15) is 0 Å². The van der Waals surface area contributed by atoms with Gasteiger partial charge in [0.05, 0.1) is 6.10 Å². The van der Waals surface area contributed by atoms with Crippen molar-refractivity contribution in [1.29, 1.82) is 0 Å². The number of allylic oxidation sites excluding steroid dienone is 1. The number of carbonyl (C=O) groups excluding carboxylic acids is 1. The Bertz CT molecular complexity index is 414. The van der Waals surface area contributed by atoms with E-state index in [1.807, 2.05) is 24.3 Å². The van der Waals surface area contributed by atoms with Gasteiger partial charge in [-0.3, -0.25) is 4.79 Å². The molecule has 0 saturated heterocycles. The number of hydrogen-bond acceptors (Lipinski definition) is 2. The third-order valence-corrected chi connectivity index (χ3v) is 3.06. The van der Waals surface area contributed by atoms with Gasteiger partial charge >= 0.3 is 0 Å². The van der Waals surface area contributed by atoms with E-state index >= 15 is 0 Å². The summed E-state index contributed by atoms with van der Waals surface area (Å²) in [7, 11) is 0. The number of aliphatic hydroxyl groups is 1. The molecular formula is C13H15NO2. The van der Waals surface area contributed by atoms with E-state index in [2.05, 4.69) is 11.9 Å². The lowest BCUT2D eigenvalue weighted by Crippen LogP contribution is -2.27. The van der Waals surface area contributed by atoms with Crippen molar-refractivity contribution in [2.24, 2.45) is 0 Å². The van der Waals surface area contributed by atoms with Crippen LogP contribution in [0.2, 0.25) is 0 Å². The Morgan fingerprint density at radius 1 is 1.50 bits per heavy atom. The summed E-state index contributed by atoms with van der Waals surface area (Å²) >= 11 is 0. The molecule has 0 heterocycles. The van der Waals surface area contributed by atoms with E-state index in [0.717, 1.165) is 11.1 Å². The van der Waals surface area contributed by atoms with Gasteiger partial charge in [0.25, 0.3) is 0 Å². The van der Waals surface area contributed by atoms with Crippen LogP contribution >= 0.6 is 0 Å². The van der Waals surface area contributed by atoms with Crippen LogP contribution in [0.4, 0.5) is 0 Å². The first-order valence-electron chi connectivity index (χ1n) is 5.37. The summed E-state index contributed by atoms with van der Waals surface area (Å²) in [5.74, 6) is 0.0187. The summed E-state index contributed by atoms with van der Waals surface area (Å²) in [6, 6.07) is 7.98. The summed E-state index contributed by atoms with van der Waals surface area (Å²) in [4.78, 5) is 10.4. The van der Waals surface area contributed by atoms with Crippen molar-refractivity contribution in [1.82, 2.24) is 5.32 Å². The monoisotopic (exact) mass is 217 g/mol. The largest absolute Gasteiger partial charge is 0.393 e. The number of hydrogen-bond donors (Lipinski definition) is 2. The summed E-state index contributed by atoms with van der Waals surface area (Å²) in [5, 5.41) is 12.4. The molecule has 2 N–H and O–H groups in total. The SMILES string of the molecule is C=C(NC=O)C1CC(O)Cc2ccccc21. The molecule has 1 amide bonds. The van der Waals surface area contributed by atoms with Crippen LogP contribution in [0.5, 0.6) is 0 Å². The van der Waals surface area contributed by atoms with Crippen LogP contribution in [0.3, 0.4) is 0 Å². The van der Waals surface area contributed by atoms with E-state index in [9.17, 15) is 9.90 Å². The number of carbonyl (C=O) groups is 1. The number of benzene rings is 1. The highest BCUT2D eigenvalue weighted by atomic mass is 16.3. The van der Waals surface area contributed by atoms with Crippen molar-refractivity contribution < 1.29 is 9.90 Å². The number of aliphatic hydroxyl groups excluding tert-OH is 1. The Hall–Kier alpha value is -1.61. The van der Waals surface area contributed by atoms with Gasteiger partial charge in [0.2, 0.25) is 6.41 Å². The third kappa shape index (κ3) is 1.99. The first-order chi connectivity index (χ1) is 7.72. The lowest BCUT2D eigenvalue weighted by atomic mass is 9.80. The fraction of sp³-hybridized carbons (Fsp3) is 0.308. The van der Waals surface area contributed by atoms with Crippen molar-refractivity contribution in [3.63, 3.8) is 0 Å². The van der Waals surface area contributed by atoms with Crippen molar-refractivity contribution in [2.45, 2.75) is 24.9 Å². The maximum absolute atomic E-state index is 10.4. The molecule has 0 aromatic heterocycles. The van der Waals surface area contributed by atoms with Crippen LogP contribution in [0, 0.1) is 0 Å². The van der Waals surface area contributed by atoms with E-state index in [1.54, 1.807) is 0 Å². The van der Waals surface area contributed by atoms with Crippen molar-refractivity contribution in [2.75, 3.05) is 0 Å². The quantitative estimate of drug-likeness (QED) is 0.750. The molecule has 0 saturated carbocycles. The van der Waals surface area contributed by atoms with Gasteiger partial charge in [-0.05, 0) is 24.0 Å². The molecule has 1 aliphatic carbocycles. The molecule has 0 bridgehead atoms. The highest BCUT2D eigenvalue weighted by Gasteiger charge is 2.27.